The number of carboxylic acids is 1. The summed E-state index contributed by atoms with van der Waals surface area (Å²) in [6.45, 7) is 1.63. The van der Waals surface area contributed by atoms with E-state index in [-0.39, 0.29) is 12.3 Å². The Bertz CT molecular complexity index is 321. The molecule has 1 amide bonds. The average Bonchev–Trinajstić information content (AvgIpc) is 2.53. The van der Waals surface area contributed by atoms with Crippen molar-refractivity contribution in [3.8, 4) is 0 Å². The predicted octanol–water partition coefficient (Wildman–Crippen LogP) is 0.00270. The van der Waals surface area contributed by atoms with Crippen molar-refractivity contribution < 1.29 is 14.7 Å². The van der Waals surface area contributed by atoms with Crippen LogP contribution in [-0.4, -0.2) is 33.2 Å². The van der Waals surface area contributed by atoms with Gasteiger partial charge in [-0.1, -0.05) is 0 Å². The number of aliphatic carboxylic acids is 1. The van der Waals surface area contributed by atoms with Crippen molar-refractivity contribution in [2.24, 2.45) is 0 Å². The Hall–Kier alpha value is -1.85. The fraction of sp³-hybridized carbons (Fsp3) is 0.375. The number of aromatic amines is 1. The summed E-state index contributed by atoms with van der Waals surface area (Å²) in [6.07, 6.45) is 2.73. The number of hydrogen-bond donors (Lipinski definition) is 3. The highest BCUT2D eigenvalue weighted by molar-refractivity contribution is 5.94. The second-order valence-electron chi connectivity index (χ2n) is 2.96. The molecule has 14 heavy (non-hydrogen) atoms. The van der Waals surface area contributed by atoms with E-state index >= 15 is 0 Å². The van der Waals surface area contributed by atoms with E-state index in [1.54, 1.807) is 6.92 Å². The van der Waals surface area contributed by atoms with Crippen molar-refractivity contribution in [2.75, 3.05) is 0 Å². The number of carbonyl (C=O) groups is 2. The maximum absolute atomic E-state index is 11.3. The number of nitrogens with zero attached hydrogens (tertiary/aromatic N) is 1. The molecule has 0 fully saturated rings. The maximum Gasteiger partial charge on any atom is 0.305 e. The molecule has 1 atom stereocenters. The number of nitrogens with one attached hydrogen (secondary N) is 2. The van der Waals surface area contributed by atoms with E-state index in [2.05, 4.69) is 15.5 Å². The highest BCUT2D eigenvalue weighted by Gasteiger charge is 2.12. The summed E-state index contributed by atoms with van der Waals surface area (Å²) in [6, 6.07) is -0.394. The van der Waals surface area contributed by atoms with Gasteiger partial charge in [0.15, 0.2) is 0 Å². The van der Waals surface area contributed by atoms with Gasteiger partial charge in [-0.05, 0) is 6.92 Å². The van der Waals surface area contributed by atoms with Crippen LogP contribution in [0.1, 0.15) is 23.7 Å². The van der Waals surface area contributed by atoms with Crippen molar-refractivity contribution in [2.45, 2.75) is 19.4 Å². The van der Waals surface area contributed by atoms with Crippen LogP contribution in [-0.2, 0) is 4.79 Å². The number of H-pyrrole nitrogens is 1. The van der Waals surface area contributed by atoms with Crippen LogP contribution in [0.15, 0.2) is 12.4 Å². The normalized spacial score (nSPS) is 12.1. The summed E-state index contributed by atoms with van der Waals surface area (Å²) in [5.41, 5.74) is 0.391. The number of rotatable bonds is 4. The summed E-state index contributed by atoms with van der Waals surface area (Å²) in [5.74, 6) is -1.27. The van der Waals surface area contributed by atoms with Crippen molar-refractivity contribution in [3.63, 3.8) is 0 Å². The molecule has 6 nitrogen and oxygen atoms in total. The maximum atomic E-state index is 11.3. The zero-order valence-electron chi connectivity index (χ0n) is 7.65. The molecule has 1 unspecified atom stereocenters. The fourth-order valence-corrected chi connectivity index (χ4v) is 0.995. The monoisotopic (exact) mass is 197 g/mol. The van der Waals surface area contributed by atoms with E-state index in [0.29, 0.717) is 5.56 Å². The third kappa shape index (κ3) is 2.89. The van der Waals surface area contributed by atoms with E-state index in [1.165, 1.54) is 12.4 Å². The Balaban J connectivity index is 2.45. The van der Waals surface area contributed by atoms with Gasteiger partial charge < -0.3 is 10.4 Å². The molecule has 0 saturated heterocycles. The van der Waals surface area contributed by atoms with Gasteiger partial charge in [0, 0.05) is 12.2 Å². The lowest BCUT2D eigenvalue weighted by molar-refractivity contribution is -0.137. The minimum Gasteiger partial charge on any atom is -0.481 e. The summed E-state index contributed by atoms with van der Waals surface area (Å²) in [7, 11) is 0. The standard InChI is InChI=1S/C8H11N3O3/c1-5(2-7(12)13)11-8(14)6-3-9-10-4-6/h3-5H,2H2,1H3,(H,9,10)(H,11,14)(H,12,13). The van der Waals surface area contributed by atoms with Gasteiger partial charge in [-0.25, -0.2) is 0 Å². The first kappa shape index (κ1) is 10.2. The number of amides is 1. The van der Waals surface area contributed by atoms with Crippen LogP contribution in [0, 0.1) is 0 Å². The van der Waals surface area contributed by atoms with Crippen LogP contribution < -0.4 is 5.32 Å². The molecule has 1 rings (SSSR count). The average molecular weight is 197 g/mol. The Kier molecular flexibility index (Phi) is 3.22. The molecule has 0 aliphatic heterocycles. The second kappa shape index (κ2) is 4.40. The largest absolute Gasteiger partial charge is 0.481 e. The van der Waals surface area contributed by atoms with E-state index in [0.717, 1.165) is 0 Å². The van der Waals surface area contributed by atoms with E-state index < -0.39 is 12.0 Å². The molecule has 1 heterocycles. The van der Waals surface area contributed by atoms with Crippen LogP contribution in [0.2, 0.25) is 0 Å². The summed E-state index contributed by atoms with van der Waals surface area (Å²) in [5, 5.41) is 17.1. The topological polar surface area (TPSA) is 95.1 Å². The first-order valence-electron chi connectivity index (χ1n) is 4.11. The zero-order chi connectivity index (χ0) is 10.6. The molecule has 0 aliphatic carbocycles. The van der Waals surface area contributed by atoms with Crippen molar-refractivity contribution >= 4 is 11.9 Å². The number of carbonyl (C=O) groups excluding carboxylic acids is 1. The molecular formula is C8H11N3O3. The molecule has 6 heteroatoms. The van der Waals surface area contributed by atoms with Crippen LogP contribution >= 0.6 is 0 Å². The Morgan fingerprint density at radius 1 is 1.71 bits per heavy atom. The molecule has 0 saturated carbocycles. The Morgan fingerprint density at radius 2 is 2.43 bits per heavy atom. The van der Waals surface area contributed by atoms with Gasteiger partial charge in [0.25, 0.3) is 5.91 Å². The van der Waals surface area contributed by atoms with E-state index in [1.807, 2.05) is 0 Å². The molecule has 76 valence electrons. The summed E-state index contributed by atoms with van der Waals surface area (Å²) >= 11 is 0. The fourth-order valence-electron chi connectivity index (χ4n) is 0.995. The highest BCUT2D eigenvalue weighted by atomic mass is 16.4. The van der Waals surface area contributed by atoms with Crippen molar-refractivity contribution in [3.05, 3.63) is 18.0 Å². The summed E-state index contributed by atoms with van der Waals surface area (Å²) < 4.78 is 0. The zero-order valence-corrected chi connectivity index (χ0v) is 7.65. The number of carboxylic acid groups (broad SMARTS) is 1. The third-order valence-corrected chi connectivity index (χ3v) is 1.62. The molecule has 0 bridgehead atoms. The van der Waals surface area contributed by atoms with Crippen LogP contribution in [0.5, 0.6) is 0 Å². The molecule has 0 aromatic carbocycles. The van der Waals surface area contributed by atoms with Gasteiger partial charge in [-0.15, -0.1) is 0 Å². The van der Waals surface area contributed by atoms with Gasteiger partial charge in [-0.2, -0.15) is 5.10 Å². The Labute approximate surface area is 80.3 Å². The van der Waals surface area contributed by atoms with Gasteiger partial charge >= 0.3 is 5.97 Å². The molecule has 0 radical (unpaired) electrons. The molecule has 3 N–H and O–H groups in total. The first-order valence-corrected chi connectivity index (χ1v) is 4.11. The van der Waals surface area contributed by atoms with Gasteiger partial charge in [0.2, 0.25) is 0 Å². The van der Waals surface area contributed by atoms with Crippen molar-refractivity contribution in [1.29, 1.82) is 0 Å². The summed E-state index contributed by atoms with van der Waals surface area (Å²) in [4.78, 5) is 21.6. The number of hydrogen-bond acceptors (Lipinski definition) is 3. The Morgan fingerprint density at radius 3 is 2.93 bits per heavy atom. The second-order valence-corrected chi connectivity index (χ2v) is 2.96. The van der Waals surface area contributed by atoms with Crippen LogP contribution in [0.25, 0.3) is 0 Å². The van der Waals surface area contributed by atoms with E-state index in [9.17, 15) is 9.59 Å². The van der Waals surface area contributed by atoms with Crippen LogP contribution in [0.4, 0.5) is 0 Å². The lowest BCUT2D eigenvalue weighted by Gasteiger charge is -2.09. The third-order valence-electron chi connectivity index (χ3n) is 1.62. The number of aromatic nitrogens is 2. The molecule has 1 aromatic heterocycles. The smallest absolute Gasteiger partial charge is 0.305 e. The van der Waals surface area contributed by atoms with Gasteiger partial charge in [0.05, 0.1) is 18.2 Å². The molecule has 0 aliphatic rings. The molecule has 1 aromatic rings. The lowest BCUT2D eigenvalue weighted by Crippen LogP contribution is -2.33. The predicted molar refractivity (Wildman–Crippen MR) is 47.8 cm³/mol. The first-order chi connectivity index (χ1) is 6.59. The van der Waals surface area contributed by atoms with Gasteiger partial charge in [0.1, 0.15) is 0 Å². The quantitative estimate of drug-likeness (QED) is 0.633. The minimum atomic E-state index is -0.940. The minimum absolute atomic E-state index is 0.0937. The van der Waals surface area contributed by atoms with Crippen molar-refractivity contribution in [1.82, 2.24) is 15.5 Å². The van der Waals surface area contributed by atoms with E-state index in [4.69, 9.17) is 5.11 Å². The highest BCUT2D eigenvalue weighted by Crippen LogP contribution is 1.96. The molecule has 0 spiro atoms. The molecular weight excluding hydrogens is 186 g/mol. The lowest BCUT2D eigenvalue weighted by atomic mass is 10.2. The SMILES string of the molecule is CC(CC(=O)O)NC(=O)c1cn[nH]c1. The van der Waals surface area contributed by atoms with Crippen LogP contribution in [0.3, 0.4) is 0 Å². The van der Waals surface area contributed by atoms with Gasteiger partial charge in [-0.3, -0.25) is 14.7 Å².